The monoisotopic (exact) mass is 489 g/mol. The number of ether oxygens (including phenoxy) is 1. The summed E-state index contributed by atoms with van der Waals surface area (Å²) in [6.45, 7) is 4.31. The Balaban J connectivity index is 1.78. The predicted molar refractivity (Wildman–Crippen MR) is 127 cm³/mol. The van der Waals surface area contributed by atoms with Crippen molar-refractivity contribution in [1.82, 2.24) is 13.9 Å². The van der Waals surface area contributed by atoms with Gasteiger partial charge < -0.3 is 14.6 Å². The van der Waals surface area contributed by atoms with Crippen LogP contribution in [-0.2, 0) is 28.3 Å². The zero-order valence-electron chi connectivity index (χ0n) is 19.4. The Bertz CT molecular complexity index is 1330. The van der Waals surface area contributed by atoms with Crippen LogP contribution in [0.2, 0.25) is 0 Å². The summed E-state index contributed by atoms with van der Waals surface area (Å²) in [4.78, 5) is 27.7. The number of carbonyl (C=O) groups excluding carboxylic acids is 1. The van der Waals surface area contributed by atoms with Crippen molar-refractivity contribution in [3.8, 4) is 5.75 Å². The van der Waals surface area contributed by atoms with E-state index < -0.39 is 14.9 Å². The van der Waals surface area contributed by atoms with Crippen LogP contribution in [0.4, 0.5) is 11.4 Å². The molecule has 0 aliphatic carbocycles. The van der Waals surface area contributed by atoms with Gasteiger partial charge in [-0.25, -0.2) is 13.4 Å². The Morgan fingerprint density at radius 2 is 1.91 bits per heavy atom. The fourth-order valence-corrected chi connectivity index (χ4v) is 5.15. The van der Waals surface area contributed by atoms with Crippen LogP contribution in [0.15, 0.2) is 41.3 Å². The van der Waals surface area contributed by atoms with Gasteiger partial charge in [-0.1, -0.05) is 13.8 Å². The fourth-order valence-electron chi connectivity index (χ4n) is 3.67. The number of aromatic nitrogens is 2. The maximum absolute atomic E-state index is 12.8. The first-order valence-corrected chi connectivity index (χ1v) is 12.1. The van der Waals surface area contributed by atoms with Crippen LogP contribution in [-0.4, -0.2) is 53.3 Å². The topological polar surface area (TPSA) is 137 Å². The number of amides is 1. The first kappa shape index (κ1) is 25.1. The molecule has 0 fully saturated rings. The summed E-state index contributed by atoms with van der Waals surface area (Å²) in [6, 6.07) is 8.76. The molecule has 3 aromatic rings. The van der Waals surface area contributed by atoms with E-state index in [1.54, 1.807) is 39.1 Å². The number of nitrogens with zero attached hydrogens (tertiary/aromatic N) is 4. The molecule has 11 nitrogen and oxygen atoms in total. The van der Waals surface area contributed by atoms with Crippen LogP contribution in [0.3, 0.4) is 0 Å². The van der Waals surface area contributed by atoms with Gasteiger partial charge in [0.05, 0.1) is 33.6 Å². The number of non-ortho nitro benzene ring substituents is 1. The SMILES string of the molecule is CCN(CC)S(=O)(=O)c1ccc2c(c1)nc(CCC(=O)Nc1cc([N+](=O)[O-])ccc1OC)n2C. The van der Waals surface area contributed by atoms with E-state index in [9.17, 15) is 23.3 Å². The lowest BCUT2D eigenvalue weighted by Crippen LogP contribution is -2.30. The number of nitro groups is 1. The summed E-state index contributed by atoms with van der Waals surface area (Å²) in [7, 11) is -0.409. The minimum atomic E-state index is -3.61. The summed E-state index contributed by atoms with van der Waals surface area (Å²) >= 11 is 0. The number of nitro benzene ring substituents is 1. The van der Waals surface area contributed by atoms with Gasteiger partial charge in [-0.05, 0) is 24.3 Å². The lowest BCUT2D eigenvalue weighted by atomic mass is 10.2. The molecule has 12 heteroatoms. The number of carbonyl (C=O) groups is 1. The third kappa shape index (κ3) is 5.02. The van der Waals surface area contributed by atoms with Gasteiger partial charge in [0.25, 0.3) is 5.69 Å². The predicted octanol–water partition coefficient (Wildman–Crippen LogP) is 3.09. The third-order valence-corrected chi connectivity index (χ3v) is 7.58. The van der Waals surface area contributed by atoms with E-state index >= 15 is 0 Å². The quantitative estimate of drug-likeness (QED) is 0.341. The van der Waals surface area contributed by atoms with Gasteiger partial charge in [0.15, 0.2) is 0 Å². The largest absolute Gasteiger partial charge is 0.495 e. The van der Waals surface area contributed by atoms with E-state index in [1.807, 2.05) is 4.57 Å². The zero-order chi connectivity index (χ0) is 25.0. The molecule has 0 aliphatic heterocycles. The van der Waals surface area contributed by atoms with Crippen LogP contribution in [0.1, 0.15) is 26.1 Å². The first-order chi connectivity index (χ1) is 16.1. The molecule has 0 saturated carbocycles. The average molecular weight is 490 g/mol. The summed E-state index contributed by atoms with van der Waals surface area (Å²) in [6.07, 6.45) is 0.347. The number of methoxy groups -OCH3 is 1. The minimum Gasteiger partial charge on any atom is -0.495 e. The second kappa shape index (κ2) is 10.2. The van der Waals surface area contributed by atoms with Crippen molar-refractivity contribution in [2.45, 2.75) is 31.6 Å². The molecule has 0 unspecified atom stereocenters. The highest BCUT2D eigenvalue weighted by molar-refractivity contribution is 7.89. The molecule has 0 aliphatic rings. The summed E-state index contributed by atoms with van der Waals surface area (Å²) in [5, 5.41) is 13.7. The number of imidazole rings is 1. The van der Waals surface area contributed by atoms with E-state index in [4.69, 9.17) is 4.74 Å². The molecular weight excluding hydrogens is 462 g/mol. The fraction of sp³-hybridized carbons (Fsp3) is 0.364. The van der Waals surface area contributed by atoms with Gasteiger partial charge in [-0.15, -0.1) is 0 Å². The van der Waals surface area contributed by atoms with Gasteiger partial charge in [0.2, 0.25) is 15.9 Å². The molecule has 1 N–H and O–H groups in total. The molecule has 0 saturated heterocycles. The summed E-state index contributed by atoms with van der Waals surface area (Å²) < 4.78 is 34.0. The Labute approximate surface area is 197 Å². The number of hydrogen-bond acceptors (Lipinski definition) is 7. The Morgan fingerprint density at radius 1 is 1.21 bits per heavy atom. The van der Waals surface area contributed by atoms with Crippen LogP contribution in [0, 0.1) is 10.1 Å². The minimum absolute atomic E-state index is 0.0631. The molecule has 1 aromatic heterocycles. The number of benzene rings is 2. The van der Waals surface area contributed by atoms with Crippen LogP contribution in [0.5, 0.6) is 5.75 Å². The number of hydrogen-bond donors (Lipinski definition) is 1. The van der Waals surface area contributed by atoms with E-state index in [0.29, 0.717) is 30.2 Å². The van der Waals surface area contributed by atoms with Crippen molar-refractivity contribution in [3.05, 3.63) is 52.3 Å². The molecule has 2 aromatic carbocycles. The van der Waals surface area contributed by atoms with Crippen LogP contribution < -0.4 is 10.1 Å². The summed E-state index contributed by atoms with van der Waals surface area (Å²) in [5.41, 5.74) is 1.31. The molecule has 0 spiro atoms. The van der Waals surface area contributed by atoms with Crippen molar-refractivity contribution in [2.24, 2.45) is 7.05 Å². The van der Waals surface area contributed by atoms with Gasteiger partial charge in [-0.3, -0.25) is 14.9 Å². The lowest BCUT2D eigenvalue weighted by Gasteiger charge is -2.18. The number of fused-ring (bicyclic) bond motifs is 1. The van der Waals surface area contributed by atoms with Crippen LogP contribution >= 0.6 is 0 Å². The highest BCUT2D eigenvalue weighted by Gasteiger charge is 2.23. The molecular formula is C22H27N5O6S. The maximum Gasteiger partial charge on any atom is 0.271 e. The number of sulfonamides is 1. The maximum atomic E-state index is 12.8. The van der Waals surface area contributed by atoms with Crippen molar-refractivity contribution in [1.29, 1.82) is 0 Å². The van der Waals surface area contributed by atoms with Gasteiger partial charge in [-0.2, -0.15) is 4.31 Å². The molecule has 1 amide bonds. The highest BCUT2D eigenvalue weighted by Crippen LogP contribution is 2.29. The van der Waals surface area contributed by atoms with E-state index in [0.717, 1.165) is 5.52 Å². The van der Waals surface area contributed by atoms with E-state index in [-0.39, 0.29) is 35.0 Å². The highest BCUT2D eigenvalue weighted by atomic mass is 32.2. The molecule has 3 rings (SSSR count). The van der Waals surface area contributed by atoms with Gasteiger partial charge in [0, 0.05) is 45.1 Å². The normalized spacial score (nSPS) is 11.7. The number of nitrogens with one attached hydrogen (secondary N) is 1. The Kier molecular flexibility index (Phi) is 7.52. The molecule has 34 heavy (non-hydrogen) atoms. The zero-order valence-corrected chi connectivity index (χ0v) is 20.3. The van der Waals surface area contributed by atoms with Gasteiger partial charge in [0.1, 0.15) is 11.6 Å². The Morgan fingerprint density at radius 3 is 2.53 bits per heavy atom. The van der Waals surface area contributed by atoms with Gasteiger partial charge >= 0.3 is 0 Å². The second-order valence-electron chi connectivity index (χ2n) is 7.52. The lowest BCUT2D eigenvalue weighted by molar-refractivity contribution is -0.384. The Hall–Kier alpha value is -3.51. The third-order valence-electron chi connectivity index (χ3n) is 5.53. The van der Waals surface area contributed by atoms with Crippen molar-refractivity contribution < 1.29 is 22.9 Å². The van der Waals surface area contributed by atoms with Crippen LogP contribution in [0.25, 0.3) is 11.0 Å². The molecule has 0 atom stereocenters. The standard InChI is InChI=1S/C22H27N5O6S/c1-5-26(6-2)34(31,32)16-8-9-19-17(14-16)23-21(25(19)3)11-12-22(28)24-18-13-15(27(29)30)7-10-20(18)33-4/h7-10,13-14H,5-6,11-12H2,1-4H3,(H,24,28). The van der Waals surface area contributed by atoms with Crippen molar-refractivity contribution in [2.75, 3.05) is 25.5 Å². The number of anilines is 1. The first-order valence-electron chi connectivity index (χ1n) is 10.7. The number of aryl methyl sites for hydroxylation is 2. The smallest absolute Gasteiger partial charge is 0.271 e. The van der Waals surface area contributed by atoms with E-state index in [1.165, 1.54) is 29.6 Å². The van der Waals surface area contributed by atoms with Crippen molar-refractivity contribution in [3.63, 3.8) is 0 Å². The average Bonchev–Trinajstić information content (AvgIpc) is 3.13. The van der Waals surface area contributed by atoms with Crippen molar-refractivity contribution >= 4 is 38.3 Å². The molecule has 0 bridgehead atoms. The second-order valence-corrected chi connectivity index (χ2v) is 9.45. The molecule has 182 valence electrons. The van der Waals surface area contributed by atoms with E-state index in [2.05, 4.69) is 10.3 Å². The summed E-state index contributed by atoms with van der Waals surface area (Å²) in [5.74, 6) is 0.549. The number of rotatable bonds is 10. The molecule has 0 radical (unpaired) electrons. The molecule has 1 heterocycles.